The summed E-state index contributed by atoms with van der Waals surface area (Å²) >= 11 is 0. The van der Waals surface area contributed by atoms with Crippen molar-refractivity contribution in [3.05, 3.63) is 24.0 Å². The number of ether oxygens (including phenoxy) is 1. The topological polar surface area (TPSA) is 81.4 Å². The van der Waals surface area contributed by atoms with E-state index in [1.54, 1.807) is 4.72 Å². The molecule has 1 aromatic rings. The minimum absolute atomic E-state index is 0.376. The third-order valence-electron chi connectivity index (χ3n) is 2.25. The zero-order chi connectivity index (χ0) is 16.3. The van der Waals surface area contributed by atoms with Crippen LogP contribution in [0.3, 0.4) is 0 Å². The predicted octanol–water partition coefficient (Wildman–Crippen LogP) is 1.30. The highest BCUT2D eigenvalue weighted by atomic mass is 32.2. The first kappa shape index (κ1) is 17.6. The molecule has 0 saturated heterocycles. The lowest BCUT2D eigenvalue weighted by atomic mass is 10.3. The maximum absolute atomic E-state index is 13.4. The van der Waals surface area contributed by atoms with Gasteiger partial charge in [0.2, 0.25) is 10.0 Å². The number of benzene rings is 1. The first-order valence-corrected chi connectivity index (χ1v) is 6.87. The van der Waals surface area contributed by atoms with E-state index in [-0.39, 0.29) is 0 Å². The molecule has 1 rings (SSSR count). The lowest BCUT2D eigenvalue weighted by molar-refractivity contribution is -0.0522. The van der Waals surface area contributed by atoms with Crippen molar-refractivity contribution >= 4 is 10.0 Å². The summed E-state index contributed by atoms with van der Waals surface area (Å²) in [6, 6.07) is 1.77. The van der Waals surface area contributed by atoms with E-state index in [1.165, 1.54) is 0 Å². The Morgan fingerprint density at radius 1 is 1.33 bits per heavy atom. The smallest absolute Gasteiger partial charge is 0.387 e. The number of nitrogens with two attached hydrogens (primary N) is 1. The summed E-state index contributed by atoms with van der Waals surface area (Å²) in [5.74, 6) is -5.70. The van der Waals surface area contributed by atoms with Crippen LogP contribution in [0.1, 0.15) is 0 Å². The first-order chi connectivity index (χ1) is 9.57. The van der Waals surface area contributed by atoms with Gasteiger partial charge in [-0.1, -0.05) is 0 Å². The Morgan fingerprint density at radius 2 is 1.95 bits per heavy atom. The normalized spacial score (nSPS) is 12.7. The van der Waals surface area contributed by atoms with Crippen molar-refractivity contribution in [1.82, 2.24) is 4.72 Å². The Morgan fingerprint density at radius 3 is 2.43 bits per heavy atom. The molecule has 0 aliphatic rings. The monoisotopic (exact) mass is 334 g/mol. The summed E-state index contributed by atoms with van der Waals surface area (Å²) in [6.07, 6.45) is 0. The molecule has 21 heavy (non-hydrogen) atoms. The van der Waals surface area contributed by atoms with Crippen molar-refractivity contribution < 1.29 is 35.1 Å². The van der Waals surface area contributed by atoms with Crippen LogP contribution in [-0.2, 0) is 10.0 Å². The first-order valence-electron chi connectivity index (χ1n) is 5.39. The van der Waals surface area contributed by atoms with Crippen LogP contribution in [0.25, 0.3) is 0 Å². The molecule has 0 unspecified atom stereocenters. The summed E-state index contributed by atoms with van der Waals surface area (Å²) in [7, 11) is -4.44. The molecule has 0 aromatic heterocycles. The molecule has 0 atom stereocenters. The van der Waals surface area contributed by atoms with Gasteiger partial charge < -0.3 is 10.5 Å². The van der Waals surface area contributed by atoms with Crippen molar-refractivity contribution in [2.45, 2.75) is 17.4 Å². The molecule has 120 valence electrons. The molecule has 0 fully saturated rings. The van der Waals surface area contributed by atoms with Crippen LogP contribution >= 0.6 is 0 Å². The predicted molar refractivity (Wildman–Crippen MR) is 62.2 cm³/mol. The van der Waals surface area contributed by atoms with Gasteiger partial charge in [0.25, 0.3) is 5.92 Å². The number of rotatable bonds is 7. The van der Waals surface area contributed by atoms with Crippen molar-refractivity contribution in [2.24, 2.45) is 5.73 Å². The van der Waals surface area contributed by atoms with E-state index < -0.39 is 52.1 Å². The number of sulfonamides is 1. The van der Waals surface area contributed by atoms with Gasteiger partial charge in [0, 0.05) is 0 Å². The highest BCUT2D eigenvalue weighted by molar-refractivity contribution is 7.89. The van der Waals surface area contributed by atoms with Crippen LogP contribution in [0.4, 0.5) is 22.0 Å². The Bertz CT molecular complexity index is 594. The summed E-state index contributed by atoms with van der Waals surface area (Å²) < 4.78 is 91.5. The fourth-order valence-electron chi connectivity index (χ4n) is 1.20. The molecule has 1 aromatic carbocycles. The highest BCUT2D eigenvalue weighted by Gasteiger charge is 2.29. The van der Waals surface area contributed by atoms with Gasteiger partial charge in [-0.05, 0) is 18.2 Å². The number of hydrogen-bond acceptors (Lipinski definition) is 4. The molecule has 11 heteroatoms. The van der Waals surface area contributed by atoms with E-state index in [4.69, 9.17) is 5.73 Å². The summed E-state index contributed by atoms with van der Waals surface area (Å²) in [5.41, 5.74) is 4.73. The molecular formula is C10H11F5N2O3S. The molecule has 5 nitrogen and oxygen atoms in total. The fraction of sp³-hybridized carbons (Fsp3) is 0.400. The lowest BCUT2D eigenvalue weighted by Gasteiger charge is -2.15. The molecule has 3 N–H and O–H groups in total. The molecule has 0 heterocycles. The Kier molecular flexibility index (Phi) is 5.48. The Balaban J connectivity index is 2.92. The van der Waals surface area contributed by atoms with Crippen LogP contribution in [-0.4, -0.2) is 34.0 Å². The van der Waals surface area contributed by atoms with E-state index >= 15 is 0 Å². The van der Waals surface area contributed by atoms with Crippen molar-refractivity contribution in [3.63, 3.8) is 0 Å². The van der Waals surface area contributed by atoms with Gasteiger partial charge in [0.15, 0.2) is 11.6 Å². The molecule has 0 spiro atoms. The summed E-state index contributed by atoms with van der Waals surface area (Å²) in [6.45, 7) is -5.64. The van der Waals surface area contributed by atoms with Gasteiger partial charge in [0.1, 0.15) is 0 Å². The van der Waals surface area contributed by atoms with Crippen molar-refractivity contribution in [2.75, 3.05) is 13.1 Å². The zero-order valence-corrected chi connectivity index (χ0v) is 11.1. The molecule has 0 radical (unpaired) electrons. The molecular weight excluding hydrogens is 323 g/mol. The molecule has 0 bridgehead atoms. The minimum Gasteiger partial charge on any atom is -0.432 e. The van der Waals surface area contributed by atoms with E-state index in [0.717, 1.165) is 6.07 Å². The van der Waals surface area contributed by atoms with Crippen LogP contribution in [0.15, 0.2) is 23.1 Å². The van der Waals surface area contributed by atoms with Crippen molar-refractivity contribution in [1.29, 1.82) is 0 Å². The van der Waals surface area contributed by atoms with E-state index in [2.05, 4.69) is 4.74 Å². The molecule has 0 saturated carbocycles. The number of nitrogens with one attached hydrogen (secondary N) is 1. The highest BCUT2D eigenvalue weighted by Crippen LogP contribution is 2.23. The molecule has 0 amide bonds. The maximum atomic E-state index is 13.4. The van der Waals surface area contributed by atoms with Crippen LogP contribution in [0.5, 0.6) is 5.75 Å². The molecule has 0 aliphatic heterocycles. The van der Waals surface area contributed by atoms with Gasteiger partial charge in [-0.15, -0.1) is 0 Å². The van der Waals surface area contributed by atoms with Crippen LogP contribution in [0, 0.1) is 5.82 Å². The average molecular weight is 334 g/mol. The standard InChI is InChI=1S/C10H11F5N2O3S/c11-7-3-6(1-2-8(7)20-9(12)13)21(18,19)17-5-10(14,15)4-16/h1-3,9,17H,4-5,16H2. The number of halogens is 5. The summed E-state index contributed by atoms with van der Waals surface area (Å²) in [4.78, 5) is -0.713. The lowest BCUT2D eigenvalue weighted by Crippen LogP contribution is -2.41. The zero-order valence-electron chi connectivity index (χ0n) is 10.3. The third kappa shape index (κ3) is 5.10. The third-order valence-corrected chi connectivity index (χ3v) is 3.65. The quantitative estimate of drug-likeness (QED) is 0.737. The maximum Gasteiger partial charge on any atom is 0.387 e. The van der Waals surface area contributed by atoms with E-state index in [0.29, 0.717) is 12.1 Å². The van der Waals surface area contributed by atoms with Gasteiger partial charge in [-0.3, -0.25) is 0 Å². The second-order valence-corrected chi connectivity index (χ2v) is 5.62. The van der Waals surface area contributed by atoms with E-state index in [9.17, 15) is 30.4 Å². The number of hydrogen-bond donors (Lipinski definition) is 2. The van der Waals surface area contributed by atoms with Gasteiger partial charge in [0.05, 0.1) is 18.0 Å². The Hall–Kier alpha value is -1.46. The number of alkyl halides is 4. The molecule has 0 aliphatic carbocycles. The Labute approximate surface area is 116 Å². The van der Waals surface area contributed by atoms with Crippen LogP contribution in [0.2, 0.25) is 0 Å². The fourth-order valence-corrected chi connectivity index (χ4v) is 2.27. The second-order valence-electron chi connectivity index (χ2n) is 3.86. The van der Waals surface area contributed by atoms with Crippen molar-refractivity contribution in [3.8, 4) is 5.75 Å². The SMILES string of the molecule is NCC(F)(F)CNS(=O)(=O)c1ccc(OC(F)F)c(F)c1. The van der Waals surface area contributed by atoms with E-state index in [1.807, 2.05) is 0 Å². The summed E-state index contributed by atoms with van der Waals surface area (Å²) in [5, 5.41) is 0. The minimum atomic E-state index is -4.44. The largest absolute Gasteiger partial charge is 0.432 e. The van der Waals surface area contributed by atoms with Gasteiger partial charge in [-0.25, -0.2) is 26.3 Å². The van der Waals surface area contributed by atoms with Crippen LogP contribution < -0.4 is 15.2 Å². The van der Waals surface area contributed by atoms with Gasteiger partial charge >= 0.3 is 6.61 Å². The van der Waals surface area contributed by atoms with Gasteiger partial charge in [-0.2, -0.15) is 8.78 Å². The average Bonchev–Trinajstić information content (AvgIpc) is 2.38. The second kappa shape index (κ2) is 6.54.